The Morgan fingerprint density at radius 2 is 1.75 bits per heavy atom. The molecule has 2 bridgehead atoms. The summed E-state index contributed by atoms with van der Waals surface area (Å²) in [5, 5.41) is 16.3. The van der Waals surface area contributed by atoms with Crippen molar-refractivity contribution in [1.29, 1.82) is 0 Å². The third-order valence-corrected chi connectivity index (χ3v) is 6.80. The number of non-ortho nitro benzene ring substituents is 1. The number of nitro groups is 1. The van der Waals surface area contributed by atoms with Gasteiger partial charge in [0.05, 0.1) is 23.0 Å². The van der Waals surface area contributed by atoms with Gasteiger partial charge in [0.2, 0.25) is 0 Å². The van der Waals surface area contributed by atoms with Crippen LogP contribution in [0.1, 0.15) is 17.5 Å². The van der Waals surface area contributed by atoms with Crippen molar-refractivity contribution in [2.75, 3.05) is 0 Å². The van der Waals surface area contributed by atoms with E-state index in [0.717, 1.165) is 21.5 Å². The topological polar surface area (TPSA) is 102 Å². The molecule has 1 aliphatic heterocycles. The van der Waals surface area contributed by atoms with Gasteiger partial charge in [0.25, 0.3) is 17.5 Å². The van der Waals surface area contributed by atoms with Crippen LogP contribution in [0.2, 0.25) is 0 Å². The van der Waals surface area contributed by atoms with Crippen LogP contribution in [0.5, 0.6) is 5.75 Å². The fourth-order valence-corrected chi connectivity index (χ4v) is 5.01. The molecule has 32 heavy (non-hydrogen) atoms. The molecule has 2 aromatic carbocycles. The van der Waals surface area contributed by atoms with Gasteiger partial charge in [0, 0.05) is 22.2 Å². The third-order valence-electron chi connectivity index (χ3n) is 6.27. The van der Waals surface area contributed by atoms with Crippen molar-refractivity contribution in [1.82, 2.24) is 5.01 Å². The van der Waals surface area contributed by atoms with Crippen molar-refractivity contribution < 1.29 is 19.2 Å². The molecule has 0 spiro atoms. The van der Waals surface area contributed by atoms with E-state index in [-0.39, 0.29) is 47.8 Å². The molecule has 4 atom stereocenters. The van der Waals surface area contributed by atoms with Gasteiger partial charge in [0.1, 0.15) is 12.4 Å². The van der Waals surface area contributed by atoms with Crippen LogP contribution in [-0.2, 0) is 16.2 Å². The Balaban J connectivity index is 1.39. The van der Waals surface area contributed by atoms with Gasteiger partial charge in [-0.1, -0.05) is 40.2 Å². The zero-order chi connectivity index (χ0) is 22.4. The number of rotatable bonds is 6. The second kappa shape index (κ2) is 7.98. The maximum Gasteiger partial charge on any atom is 0.270 e. The number of benzene rings is 2. The van der Waals surface area contributed by atoms with Crippen LogP contribution in [0, 0.1) is 33.8 Å². The highest BCUT2D eigenvalue weighted by atomic mass is 79.9. The Kier molecular flexibility index (Phi) is 5.13. The minimum atomic E-state index is -0.518. The fraction of sp³-hybridized carbons (Fsp3) is 0.261. The number of allylic oxidation sites excluding steroid dienone is 2. The summed E-state index contributed by atoms with van der Waals surface area (Å²) in [6.45, 7) is 0.243. The van der Waals surface area contributed by atoms with Gasteiger partial charge in [-0.15, -0.1) is 0 Å². The zero-order valence-corrected chi connectivity index (χ0v) is 18.3. The fourth-order valence-electron chi connectivity index (χ4n) is 4.74. The average Bonchev–Trinajstić information content (AvgIpc) is 3.46. The predicted octanol–water partition coefficient (Wildman–Crippen LogP) is 4.08. The minimum Gasteiger partial charge on any atom is -0.488 e. The summed E-state index contributed by atoms with van der Waals surface area (Å²) in [5.41, 5.74) is 1.09. The summed E-state index contributed by atoms with van der Waals surface area (Å²) in [6.07, 6.45) is 6.15. The van der Waals surface area contributed by atoms with Gasteiger partial charge in [-0.05, 0) is 42.0 Å². The highest BCUT2D eigenvalue weighted by Gasteiger charge is 2.59. The van der Waals surface area contributed by atoms with Gasteiger partial charge >= 0.3 is 0 Å². The van der Waals surface area contributed by atoms with E-state index < -0.39 is 4.92 Å². The molecule has 5 rings (SSSR count). The SMILES string of the molecule is O=C1C2C3C=CC(C3)C2C(=O)N1N=Cc1cc([N+](=O)[O-])ccc1OCc1ccc(Br)cc1. The van der Waals surface area contributed by atoms with Gasteiger partial charge in [0.15, 0.2) is 0 Å². The number of carbonyl (C=O) groups excluding carboxylic acids is 2. The van der Waals surface area contributed by atoms with Crippen LogP contribution in [0.15, 0.2) is 64.2 Å². The first-order valence-corrected chi connectivity index (χ1v) is 11.0. The number of hydrogen-bond acceptors (Lipinski definition) is 6. The third kappa shape index (κ3) is 3.52. The molecule has 1 saturated carbocycles. The maximum absolute atomic E-state index is 12.8. The lowest BCUT2D eigenvalue weighted by molar-refractivity contribution is -0.384. The van der Waals surface area contributed by atoms with E-state index in [4.69, 9.17) is 4.74 Å². The Labute approximate surface area is 191 Å². The van der Waals surface area contributed by atoms with Crippen LogP contribution in [-0.4, -0.2) is 28.0 Å². The number of hydrazone groups is 1. The number of carbonyl (C=O) groups is 2. The molecule has 2 aliphatic carbocycles. The average molecular weight is 496 g/mol. The molecule has 9 heteroatoms. The molecule has 8 nitrogen and oxygen atoms in total. The molecule has 2 amide bonds. The van der Waals surface area contributed by atoms with Crippen molar-refractivity contribution in [3.8, 4) is 5.75 Å². The summed E-state index contributed by atoms with van der Waals surface area (Å²) in [6, 6.07) is 11.7. The number of imide groups is 1. The second-order valence-electron chi connectivity index (χ2n) is 8.13. The van der Waals surface area contributed by atoms with Crippen LogP contribution >= 0.6 is 15.9 Å². The van der Waals surface area contributed by atoms with Crippen molar-refractivity contribution >= 4 is 39.6 Å². The van der Waals surface area contributed by atoms with E-state index in [0.29, 0.717) is 11.3 Å². The van der Waals surface area contributed by atoms with E-state index in [1.807, 2.05) is 36.4 Å². The normalized spacial score (nSPS) is 25.7. The number of amides is 2. The van der Waals surface area contributed by atoms with Crippen LogP contribution in [0.25, 0.3) is 0 Å². The molecule has 3 aliphatic rings. The van der Waals surface area contributed by atoms with Crippen LogP contribution < -0.4 is 4.74 Å². The first-order chi connectivity index (χ1) is 15.4. The Bertz CT molecular complexity index is 1150. The van der Waals surface area contributed by atoms with Crippen molar-refractivity contribution in [2.45, 2.75) is 13.0 Å². The molecule has 0 radical (unpaired) electrons. The van der Waals surface area contributed by atoms with Crippen molar-refractivity contribution in [3.63, 3.8) is 0 Å². The molecule has 0 N–H and O–H groups in total. The summed E-state index contributed by atoms with van der Waals surface area (Å²) >= 11 is 3.38. The quantitative estimate of drug-likeness (QED) is 0.197. The largest absolute Gasteiger partial charge is 0.488 e. The summed E-state index contributed by atoms with van der Waals surface area (Å²) in [4.78, 5) is 36.4. The highest BCUT2D eigenvalue weighted by Crippen LogP contribution is 2.52. The molecule has 0 aromatic heterocycles. The van der Waals surface area contributed by atoms with Gasteiger partial charge in [-0.2, -0.15) is 10.1 Å². The summed E-state index contributed by atoms with van der Waals surface area (Å²) in [7, 11) is 0. The minimum absolute atomic E-state index is 0.0873. The van der Waals surface area contributed by atoms with Crippen LogP contribution in [0.4, 0.5) is 5.69 Å². The van der Waals surface area contributed by atoms with E-state index in [1.54, 1.807) is 0 Å². The number of hydrogen-bond donors (Lipinski definition) is 0. The van der Waals surface area contributed by atoms with Crippen LogP contribution in [0.3, 0.4) is 0 Å². The van der Waals surface area contributed by atoms with Crippen molar-refractivity contribution in [3.05, 3.63) is 80.3 Å². The van der Waals surface area contributed by atoms with E-state index in [1.165, 1.54) is 24.4 Å². The number of nitrogens with zero attached hydrogens (tertiary/aromatic N) is 3. The number of ether oxygens (including phenoxy) is 1. The standard InChI is InChI=1S/C23H18BrN3O5/c24-17-5-1-13(2-6-17)12-32-19-8-7-18(27(30)31)10-16(19)11-25-26-22(28)20-14-3-4-15(9-14)21(20)23(26)29/h1-8,10-11,14-15,20-21H,9,12H2. The molecular weight excluding hydrogens is 478 g/mol. The molecule has 4 unspecified atom stereocenters. The second-order valence-corrected chi connectivity index (χ2v) is 9.04. The Morgan fingerprint density at radius 3 is 2.38 bits per heavy atom. The van der Waals surface area contributed by atoms with Gasteiger partial charge in [-0.25, -0.2) is 0 Å². The van der Waals surface area contributed by atoms with E-state index in [2.05, 4.69) is 21.0 Å². The molecule has 162 valence electrons. The number of fused-ring (bicyclic) bond motifs is 5. The maximum atomic E-state index is 12.8. The molecule has 2 fully saturated rings. The lowest BCUT2D eigenvalue weighted by Crippen LogP contribution is -2.28. The molecule has 2 aromatic rings. The lowest BCUT2D eigenvalue weighted by Gasteiger charge is -2.13. The smallest absolute Gasteiger partial charge is 0.270 e. The predicted molar refractivity (Wildman–Crippen MR) is 119 cm³/mol. The molecule has 1 heterocycles. The first-order valence-electron chi connectivity index (χ1n) is 10.2. The highest BCUT2D eigenvalue weighted by molar-refractivity contribution is 9.10. The number of nitro benzene ring substituents is 1. The first kappa shape index (κ1) is 20.6. The monoisotopic (exact) mass is 495 g/mol. The number of halogens is 1. The molecule has 1 saturated heterocycles. The zero-order valence-electron chi connectivity index (χ0n) is 16.8. The molecular formula is C23H18BrN3O5. The van der Waals surface area contributed by atoms with Gasteiger partial charge in [-0.3, -0.25) is 19.7 Å². The Morgan fingerprint density at radius 1 is 1.09 bits per heavy atom. The van der Waals surface area contributed by atoms with E-state index in [9.17, 15) is 19.7 Å². The lowest BCUT2D eigenvalue weighted by atomic mass is 9.85. The van der Waals surface area contributed by atoms with E-state index >= 15 is 0 Å². The Hall–Kier alpha value is -3.33. The van der Waals surface area contributed by atoms with Gasteiger partial charge < -0.3 is 4.74 Å². The van der Waals surface area contributed by atoms with Crippen molar-refractivity contribution in [2.24, 2.45) is 28.8 Å². The summed E-state index contributed by atoms with van der Waals surface area (Å²) < 4.78 is 6.80. The summed E-state index contributed by atoms with van der Waals surface area (Å²) in [5.74, 6) is -0.788.